The van der Waals surface area contributed by atoms with Crippen molar-refractivity contribution in [1.82, 2.24) is 15.4 Å². The van der Waals surface area contributed by atoms with Gasteiger partial charge in [-0.1, -0.05) is 18.2 Å². The van der Waals surface area contributed by atoms with Crippen LogP contribution in [0, 0.1) is 0 Å². The van der Waals surface area contributed by atoms with Gasteiger partial charge in [-0.2, -0.15) is 9.97 Å². The summed E-state index contributed by atoms with van der Waals surface area (Å²) in [7, 11) is 0. The summed E-state index contributed by atoms with van der Waals surface area (Å²) in [5.41, 5.74) is 6.22. The molecule has 2 fully saturated rings. The molecular formula is C19H24N6O3. The van der Waals surface area contributed by atoms with Crippen LogP contribution in [0.3, 0.4) is 0 Å². The van der Waals surface area contributed by atoms with Crippen molar-refractivity contribution < 1.29 is 14.3 Å². The zero-order valence-corrected chi connectivity index (χ0v) is 15.6. The summed E-state index contributed by atoms with van der Waals surface area (Å²) in [5, 5.41) is 0. The molecule has 3 heterocycles. The average Bonchev–Trinajstić information content (AvgIpc) is 2.79. The number of morpholine rings is 2. The van der Waals surface area contributed by atoms with E-state index >= 15 is 0 Å². The van der Waals surface area contributed by atoms with E-state index in [0.717, 1.165) is 32.0 Å². The van der Waals surface area contributed by atoms with Gasteiger partial charge in [-0.25, -0.2) is 0 Å². The molecule has 9 nitrogen and oxygen atoms in total. The molecule has 2 aliphatic heterocycles. The molecule has 0 aliphatic carbocycles. The highest BCUT2D eigenvalue weighted by atomic mass is 16.5. The topological polar surface area (TPSA) is 91.9 Å². The number of aromatic nitrogens is 2. The number of hydrazine groups is 1. The summed E-state index contributed by atoms with van der Waals surface area (Å²) < 4.78 is 10.9. The summed E-state index contributed by atoms with van der Waals surface area (Å²) in [6.07, 6.45) is 0. The van der Waals surface area contributed by atoms with Crippen LogP contribution in [0.5, 0.6) is 0 Å². The lowest BCUT2D eigenvalue weighted by Crippen LogP contribution is -2.40. The molecule has 2 saturated heterocycles. The van der Waals surface area contributed by atoms with Gasteiger partial charge in [0.15, 0.2) is 5.82 Å². The van der Waals surface area contributed by atoms with Gasteiger partial charge in [0.2, 0.25) is 5.95 Å². The highest BCUT2D eigenvalue weighted by Gasteiger charge is 2.19. The molecule has 1 amide bonds. The van der Waals surface area contributed by atoms with Gasteiger partial charge in [-0.15, -0.1) is 0 Å². The van der Waals surface area contributed by atoms with Crippen LogP contribution in [0.1, 0.15) is 10.4 Å². The zero-order chi connectivity index (χ0) is 19.2. The van der Waals surface area contributed by atoms with Crippen molar-refractivity contribution in [2.75, 3.05) is 67.8 Å². The van der Waals surface area contributed by atoms with E-state index in [1.165, 1.54) is 0 Å². The Kier molecular flexibility index (Phi) is 5.83. The minimum Gasteiger partial charge on any atom is -0.378 e. The van der Waals surface area contributed by atoms with E-state index < -0.39 is 0 Å². The van der Waals surface area contributed by atoms with Gasteiger partial charge >= 0.3 is 0 Å². The van der Waals surface area contributed by atoms with Crippen molar-refractivity contribution in [2.45, 2.75) is 0 Å². The minimum atomic E-state index is -0.222. The van der Waals surface area contributed by atoms with Crippen LogP contribution in [-0.4, -0.2) is 68.5 Å². The van der Waals surface area contributed by atoms with E-state index in [1.807, 2.05) is 24.3 Å². The highest BCUT2D eigenvalue weighted by molar-refractivity contribution is 5.94. The molecule has 2 aliphatic rings. The number of carbonyl (C=O) groups excluding carboxylic acids is 1. The Labute approximate surface area is 163 Å². The lowest BCUT2D eigenvalue weighted by Gasteiger charge is -2.31. The zero-order valence-electron chi connectivity index (χ0n) is 15.6. The molecule has 148 valence electrons. The molecule has 28 heavy (non-hydrogen) atoms. The van der Waals surface area contributed by atoms with E-state index in [4.69, 9.17) is 14.5 Å². The fraction of sp³-hybridized carbons (Fsp3) is 0.421. The van der Waals surface area contributed by atoms with Crippen molar-refractivity contribution >= 4 is 23.5 Å². The third-order valence-corrected chi connectivity index (χ3v) is 4.67. The van der Waals surface area contributed by atoms with Crippen LogP contribution in [0.25, 0.3) is 0 Å². The fourth-order valence-corrected chi connectivity index (χ4v) is 3.13. The normalized spacial score (nSPS) is 17.3. The second kappa shape index (κ2) is 8.85. The van der Waals surface area contributed by atoms with Gasteiger partial charge in [0.25, 0.3) is 5.91 Å². The number of hydrogen-bond donors (Lipinski definition) is 2. The predicted octanol–water partition coefficient (Wildman–Crippen LogP) is 0.907. The van der Waals surface area contributed by atoms with Gasteiger partial charge in [-0.3, -0.25) is 15.6 Å². The molecule has 9 heteroatoms. The average molecular weight is 384 g/mol. The van der Waals surface area contributed by atoms with E-state index in [1.54, 1.807) is 12.1 Å². The molecule has 1 aromatic heterocycles. The monoisotopic (exact) mass is 384 g/mol. The van der Waals surface area contributed by atoms with Crippen molar-refractivity contribution in [3.05, 3.63) is 42.0 Å². The van der Waals surface area contributed by atoms with Crippen LogP contribution < -0.4 is 20.7 Å². The molecule has 0 atom stereocenters. The maximum atomic E-state index is 12.3. The number of hydrogen-bond acceptors (Lipinski definition) is 8. The lowest BCUT2D eigenvalue weighted by atomic mass is 10.2. The Bertz CT molecular complexity index is 755. The van der Waals surface area contributed by atoms with E-state index in [2.05, 4.69) is 25.6 Å². The Morgan fingerprint density at radius 2 is 1.54 bits per heavy atom. The molecule has 0 spiro atoms. The Balaban J connectivity index is 1.53. The quantitative estimate of drug-likeness (QED) is 0.735. The number of benzene rings is 1. The number of amides is 1. The number of nitrogens with one attached hydrogen (secondary N) is 2. The Hall–Kier alpha value is -2.91. The first-order valence-corrected chi connectivity index (χ1v) is 9.45. The van der Waals surface area contributed by atoms with Gasteiger partial charge in [0.05, 0.1) is 26.4 Å². The van der Waals surface area contributed by atoms with Crippen LogP contribution in [0.15, 0.2) is 36.4 Å². The van der Waals surface area contributed by atoms with Crippen LogP contribution in [-0.2, 0) is 9.47 Å². The van der Waals surface area contributed by atoms with Crippen molar-refractivity contribution in [3.8, 4) is 0 Å². The molecule has 4 rings (SSSR count). The van der Waals surface area contributed by atoms with Gasteiger partial charge in [-0.05, 0) is 12.1 Å². The maximum absolute atomic E-state index is 12.3. The summed E-state index contributed by atoms with van der Waals surface area (Å²) in [5.74, 6) is 1.77. The summed E-state index contributed by atoms with van der Waals surface area (Å²) in [4.78, 5) is 25.9. The predicted molar refractivity (Wildman–Crippen MR) is 106 cm³/mol. The summed E-state index contributed by atoms with van der Waals surface area (Å²) in [6.45, 7) is 5.67. The van der Waals surface area contributed by atoms with Gasteiger partial charge in [0, 0.05) is 37.8 Å². The molecule has 0 radical (unpaired) electrons. The maximum Gasteiger partial charge on any atom is 0.269 e. The molecule has 0 unspecified atom stereocenters. The van der Waals surface area contributed by atoms with Crippen LogP contribution in [0.4, 0.5) is 17.6 Å². The standard InChI is InChI=1S/C19H24N6O3/c26-18(15-4-2-1-3-5-15)23-22-16-14-17(24-6-10-27-11-7-24)21-19(20-16)25-8-12-28-13-9-25/h1-5,14H,6-13H2,(H,23,26)(H,20,21,22). The first-order valence-electron chi connectivity index (χ1n) is 9.45. The first kappa shape index (κ1) is 18.5. The number of nitrogens with zero attached hydrogens (tertiary/aromatic N) is 4. The second-order valence-electron chi connectivity index (χ2n) is 6.56. The number of ether oxygens (including phenoxy) is 2. The molecular weight excluding hydrogens is 360 g/mol. The number of anilines is 3. The minimum absolute atomic E-state index is 0.222. The SMILES string of the molecule is O=C(NNc1cc(N2CCOCC2)nc(N2CCOCC2)n1)c1ccccc1. The number of carbonyl (C=O) groups is 1. The fourth-order valence-electron chi connectivity index (χ4n) is 3.13. The summed E-state index contributed by atoms with van der Waals surface area (Å²) in [6, 6.07) is 10.9. The molecule has 0 bridgehead atoms. The largest absolute Gasteiger partial charge is 0.378 e. The molecule has 2 N–H and O–H groups in total. The van der Waals surface area contributed by atoms with Crippen LogP contribution in [0.2, 0.25) is 0 Å². The highest BCUT2D eigenvalue weighted by Crippen LogP contribution is 2.22. The molecule has 1 aromatic carbocycles. The van der Waals surface area contributed by atoms with Crippen molar-refractivity contribution in [3.63, 3.8) is 0 Å². The molecule has 0 saturated carbocycles. The van der Waals surface area contributed by atoms with Crippen molar-refractivity contribution in [2.24, 2.45) is 0 Å². The first-order chi connectivity index (χ1) is 13.8. The lowest BCUT2D eigenvalue weighted by molar-refractivity contribution is 0.0962. The summed E-state index contributed by atoms with van der Waals surface area (Å²) >= 11 is 0. The van der Waals surface area contributed by atoms with E-state index in [-0.39, 0.29) is 5.91 Å². The molecule has 2 aromatic rings. The third kappa shape index (κ3) is 4.49. The van der Waals surface area contributed by atoms with Crippen LogP contribution >= 0.6 is 0 Å². The van der Waals surface area contributed by atoms with E-state index in [0.29, 0.717) is 43.8 Å². The third-order valence-electron chi connectivity index (χ3n) is 4.67. The Morgan fingerprint density at radius 1 is 0.893 bits per heavy atom. The van der Waals surface area contributed by atoms with E-state index in [9.17, 15) is 4.79 Å². The number of rotatable bonds is 5. The smallest absolute Gasteiger partial charge is 0.269 e. The van der Waals surface area contributed by atoms with Gasteiger partial charge < -0.3 is 19.3 Å². The Morgan fingerprint density at radius 3 is 2.21 bits per heavy atom. The second-order valence-corrected chi connectivity index (χ2v) is 6.56. The van der Waals surface area contributed by atoms with Gasteiger partial charge in [0.1, 0.15) is 5.82 Å². The van der Waals surface area contributed by atoms with Crippen molar-refractivity contribution in [1.29, 1.82) is 0 Å².